The lowest BCUT2D eigenvalue weighted by atomic mass is 10.1. The molecular formula is C17H21BrN4OS. The number of hydrogen-bond donors (Lipinski definition) is 1. The number of thioether (sulfide) groups is 1. The molecule has 128 valence electrons. The summed E-state index contributed by atoms with van der Waals surface area (Å²) in [6.45, 7) is 2.95. The van der Waals surface area contributed by atoms with Gasteiger partial charge in [-0.2, -0.15) is 0 Å². The Morgan fingerprint density at radius 1 is 1.29 bits per heavy atom. The Kier molecular flexibility index (Phi) is 5.94. The van der Waals surface area contributed by atoms with Gasteiger partial charge in [0, 0.05) is 22.6 Å². The van der Waals surface area contributed by atoms with Gasteiger partial charge in [-0.1, -0.05) is 40.5 Å². The molecule has 1 aromatic heterocycles. The summed E-state index contributed by atoms with van der Waals surface area (Å²) in [6.07, 6.45) is 4.96. The van der Waals surface area contributed by atoms with Gasteiger partial charge in [0.2, 0.25) is 5.91 Å². The van der Waals surface area contributed by atoms with E-state index in [9.17, 15) is 4.79 Å². The van der Waals surface area contributed by atoms with Crippen LogP contribution in [0.1, 0.15) is 44.3 Å². The zero-order valence-corrected chi connectivity index (χ0v) is 16.1. The second-order valence-electron chi connectivity index (χ2n) is 5.91. The van der Waals surface area contributed by atoms with Crippen LogP contribution in [0, 0.1) is 0 Å². The molecule has 0 unspecified atom stereocenters. The summed E-state index contributed by atoms with van der Waals surface area (Å²) in [5, 5.41) is 12.4. The number of nitrogens with one attached hydrogen (secondary N) is 1. The maximum atomic E-state index is 12.1. The van der Waals surface area contributed by atoms with E-state index in [1.165, 1.54) is 37.4 Å². The fourth-order valence-electron chi connectivity index (χ4n) is 3.05. The number of nitrogens with zero attached hydrogens (tertiary/aromatic N) is 3. The molecule has 0 aliphatic heterocycles. The largest absolute Gasteiger partial charge is 0.325 e. The minimum atomic E-state index is -0.0320. The maximum Gasteiger partial charge on any atom is 0.234 e. The average Bonchev–Trinajstić information content (AvgIpc) is 3.23. The first-order valence-electron chi connectivity index (χ1n) is 8.28. The van der Waals surface area contributed by atoms with Gasteiger partial charge in [0.05, 0.1) is 5.75 Å². The highest BCUT2D eigenvalue weighted by Crippen LogP contribution is 2.34. The number of benzene rings is 1. The van der Waals surface area contributed by atoms with E-state index in [0.29, 0.717) is 11.7 Å². The van der Waals surface area contributed by atoms with Crippen molar-refractivity contribution in [2.45, 2.75) is 50.2 Å². The molecule has 5 nitrogen and oxygen atoms in total. The molecule has 24 heavy (non-hydrogen) atoms. The van der Waals surface area contributed by atoms with E-state index in [-0.39, 0.29) is 5.91 Å². The monoisotopic (exact) mass is 408 g/mol. The van der Waals surface area contributed by atoms with Crippen molar-refractivity contribution in [1.29, 1.82) is 0 Å². The Morgan fingerprint density at radius 3 is 2.67 bits per heavy atom. The SMILES string of the molecule is CCn1c(SCC(=O)Nc2ccc(Br)cc2)nnc1C1CCCC1. The summed E-state index contributed by atoms with van der Waals surface area (Å²) in [5.41, 5.74) is 0.799. The number of hydrogen-bond acceptors (Lipinski definition) is 4. The maximum absolute atomic E-state index is 12.1. The van der Waals surface area contributed by atoms with Gasteiger partial charge < -0.3 is 9.88 Å². The highest BCUT2D eigenvalue weighted by Gasteiger charge is 2.24. The highest BCUT2D eigenvalue weighted by molar-refractivity contribution is 9.10. The van der Waals surface area contributed by atoms with Crippen LogP contribution in [0.5, 0.6) is 0 Å². The molecule has 2 aromatic rings. The zero-order valence-electron chi connectivity index (χ0n) is 13.7. The Labute approximate surface area is 154 Å². The van der Waals surface area contributed by atoms with Crippen molar-refractivity contribution in [3.8, 4) is 0 Å². The lowest BCUT2D eigenvalue weighted by molar-refractivity contribution is -0.113. The van der Waals surface area contributed by atoms with Crippen molar-refractivity contribution < 1.29 is 4.79 Å². The van der Waals surface area contributed by atoms with Crippen LogP contribution in [0.15, 0.2) is 33.9 Å². The van der Waals surface area contributed by atoms with E-state index in [2.05, 4.69) is 42.9 Å². The van der Waals surface area contributed by atoms with E-state index < -0.39 is 0 Å². The predicted molar refractivity (Wildman–Crippen MR) is 100 cm³/mol. The van der Waals surface area contributed by atoms with E-state index in [0.717, 1.165) is 27.7 Å². The first-order chi connectivity index (χ1) is 11.7. The first kappa shape index (κ1) is 17.5. The van der Waals surface area contributed by atoms with Crippen molar-refractivity contribution in [2.75, 3.05) is 11.1 Å². The molecule has 0 spiro atoms. The fraction of sp³-hybridized carbons (Fsp3) is 0.471. The molecule has 1 N–H and O–H groups in total. The van der Waals surface area contributed by atoms with Crippen molar-refractivity contribution in [3.63, 3.8) is 0 Å². The second kappa shape index (κ2) is 8.16. The normalized spacial score (nSPS) is 14.9. The highest BCUT2D eigenvalue weighted by atomic mass is 79.9. The number of carbonyl (C=O) groups is 1. The van der Waals surface area contributed by atoms with Gasteiger partial charge in [-0.3, -0.25) is 4.79 Å². The third-order valence-electron chi connectivity index (χ3n) is 4.24. The molecule has 1 aromatic carbocycles. The van der Waals surface area contributed by atoms with Crippen molar-refractivity contribution in [3.05, 3.63) is 34.6 Å². The van der Waals surface area contributed by atoms with E-state index >= 15 is 0 Å². The molecule has 0 atom stereocenters. The van der Waals surface area contributed by atoms with E-state index in [4.69, 9.17) is 0 Å². The number of anilines is 1. The zero-order chi connectivity index (χ0) is 16.9. The first-order valence-corrected chi connectivity index (χ1v) is 10.1. The topological polar surface area (TPSA) is 59.8 Å². The quantitative estimate of drug-likeness (QED) is 0.717. The molecule has 1 amide bonds. The van der Waals surface area contributed by atoms with Crippen LogP contribution in [0.4, 0.5) is 5.69 Å². The van der Waals surface area contributed by atoms with Crippen LogP contribution in [0.3, 0.4) is 0 Å². The molecule has 0 bridgehead atoms. The van der Waals surface area contributed by atoms with E-state index in [1.807, 2.05) is 24.3 Å². The number of carbonyl (C=O) groups excluding carboxylic acids is 1. The number of amides is 1. The van der Waals surface area contributed by atoms with Crippen LogP contribution >= 0.6 is 27.7 Å². The summed E-state index contributed by atoms with van der Waals surface area (Å²) in [4.78, 5) is 12.1. The Bertz CT molecular complexity index is 695. The Hall–Kier alpha value is -1.34. The lowest BCUT2D eigenvalue weighted by Crippen LogP contribution is -2.14. The van der Waals surface area contributed by atoms with Crippen LogP contribution < -0.4 is 5.32 Å². The third kappa shape index (κ3) is 4.19. The third-order valence-corrected chi connectivity index (χ3v) is 5.74. The summed E-state index contributed by atoms with van der Waals surface area (Å²) in [7, 11) is 0. The lowest BCUT2D eigenvalue weighted by Gasteiger charge is -2.11. The Morgan fingerprint density at radius 2 is 2.00 bits per heavy atom. The summed E-state index contributed by atoms with van der Waals surface area (Å²) >= 11 is 4.83. The molecule has 1 aliphatic rings. The van der Waals surface area contributed by atoms with Gasteiger partial charge in [0.15, 0.2) is 5.16 Å². The van der Waals surface area contributed by atoms with Gasteiger partial charge in [-0.15, -0.1) is 10.2 Å². The smallest absolute Gasteiger partial charge is 0.234 e. The second-order valence-corrected chi connectivity index (χ2v) is 7.77. The Balaban J connectivity index is 1.59. The number of aromatic nitrogens is 3. The molecule has 1 saturated carbocycles. The van der Waals surface area contributed by atoms with Crippen LogP contribution in [0.25, 0.3) is 0 Å². The van der Waals surface area contributed by atoms with E-state index in [1.54, 1.807) is 0 Å². The van der Waals surface area contributed by atoms with Crippen LogP contribution in [-0.2, 0) is 11.3 Å². The summed E-state index contributed by atoms with van der Waals surface area (Å²) < 4.78 is 3.15. The molecule has 1 heterocycles. The minimum absolute atomic E-state index is 0.0320. The van der Waals surface area contributed by atoms with Crippen molar-refractivity contribution in [2.24, 2.45) is 0 Å². The van der Waals surface area contributed by atoms with Gasteiger partial charge >= 0.3 is 0 Å². The molecule has 1 fully saturated rings. The molecule has 0 saturated heterocycles. The standard InChI is InChI=1S/C17H21BrN4OS/c1-2-22-16(12-5-3-4-6-12)20-21-17(22)24-11-15(23)19-14-9-7-13(18)8-10-14/h7-10,12H,2-6,11H2,1H3,(H,19,23). The van der Waals surface area contributed by atoms with Crippen LogP contribution in [0.2, 0.25) is 0 Å². The minimum Gasteiger partial charge on any atom is -0.325 e. The number of halogens is 1. The van der Waals surface area contributed by atoms with Crippen LogP contribution in [-0.4, -0.2) is 26.4 Å². The molecule has 7 heteroatoms. The van der Waals surface area contributed by atoms with Gasteiger partial charge in [0.25, 0.3) is 0 Å². The number of rotatable bonds is 6. The molecule has 1 aliphatic carbocycles. The predicted octanol–water partition coefficient (Wildman–Crippen LogP) is 4.45. The fourth-order valence-corrected chi connectivity index (χ4v) is 4.12. The van der Waals surface area contributed by atoms with Crippen molar-refractivity contribution >= 4 is 39.3 Å². The van der Waals surface area contributed by atoms with Crippen molar-refractivity contribution in [1.82, 2.24) is 14.8 Å². The van der Waals surface area contributed by atoms with Gasteiger partial charge in [-0.05, 0) is 44.0 Å². The summed E-state index contributed by atoms with van der Waals surface area (Å²) in [5.74, 6) is 1.92. The molecule has 0 radical (unpaired) electrons. The molecule has 3 rings (SSSR count). The average molecular weight is 409 g/mol. The molecular weight excluding hydrogens is 388 g/mol. The van der Waals surface area contributed by atoms with Gasteiger partial charge in [-0.25, -0.2) is 0 Å². The summed E-state index contributed by atoms with van der Waals surface area (Å²) in [6, 6.07) is 7.56. The van der Waals surface area contributed by atoms with Gasteiger partial charge in [0.1, 0.15) is 5.82 Å².